The highest BCUT2D eigenvalue weighted by atomic mass is 35.5. The average molecular weight is 641 g/mol. The Morgan fingerprint density at radius 3 is 2.68 bits per heavy atom. The number of fused-ring (bicyclic) bond motifs is 3. The first kappa shape index (κ1) is 31.1. The number of aliphatic hydroxyl groups excluding tert-OH is 1. The summed E-state index contributed by atoms with van der Waals surface area (Å²) in [6, 6.07) is 10.9. The van der Waals surface area contributed by atoms with E-state index < -0.39 is 27.6 Å². The van der Waals surface area contributed by atoms with Crippen LogP contribution in [0.25, 0.3) is 0 Å². The van der Waals surface area contributed by atoms with E-state index in [2.05, 4.69) is 28.8 Å². The Labute approximate surface area is 265 Å². The highest BCUT2D eigenvalue weighted by Crippen LogP contribution is 2.47. The summed E-state index contributed by atoms with van der Waals surface area (Å²) in [6.45, 7) is 9.30. The number of anilines is 1. The van der Waals surface area contributed by atoms with Crippen molar-refractivity contribution in [2.45, 2.75) is 73.4 Å². The number of aryl methyl sites for hydroxylation is 1. The quantitative estimate of drug-likeness (QED) is 0.339. The zero-order valence-electron chi connectivity index (χ0n) is 25.0. The fourth-order valence-corrected chi connectivity index (χ4v) is 8.67. The number of hydrogen-bond donors (Lipinski definition) is 2. The lowest BCUT2D eigenvalue weighted by Gasteiger charge is -2.45. The molecule has 10 heteroatoms. The van der Waals surface area contributed by atoms with Crippen molar-refractivity contribution in [3.8, 4) is 5.75 Å². The van der Waals surface area contributed by atoms with Gasteiger partial charge in [-0.2, -0.15) is 0 Å². The zero-order chi connectivity index (χ0) is 31.1. The molecule has 1 unspecified atom stereocenters. The molecule has 236 valence electrons. The summed E-state index contributed by atoms with van der Waals surface area (Å²) in [5, 5.41) is 11.3. The molecule has 0 aromatic heterocycles. The molecule has 1 aliphatic heterocycles. The van der Waals surface area contributed by atoms with Crippen molar-refractivity contribution in [2.24, 2.45) is 11.8 Å². The van der Waals surface area contributed by atoms with Gasteiger partial charge in [-0.25, -0.2) is 13.1 Å². The van der Waals surface area contributed by atoms with Crippen LogP contribution in [-0.2, 0) is 31.4 Å². The summed E-state index contributed by atoms with van der Waals surface area (Å²) in [4.78, 5) is 15.4. The number of carbonyl (C=O) groups is 1. The Bertz CT molecular complexity index is 1560. The number of ether oxygens (including phenoxy) is 2. The monoisotopic (exact) mass is 640 g/mol. The van der Waals surface area contributed by atoms with Crippen LogP contribution < -0.4 is 14.4 Å². The average Bonchev–Trinajstić information content (AvgIpc) is 3.11. The molecule has 1 spiro atoms. The van der Waals surface area contributed by atoms with Crippen molar-refractivity contribution in [2.75, 3.05) is 31.2 Å². The van der Waals surface area contributed by atoms with Crippen LogP contribution in [0.5, 0.6) is 5.75 Å². The van der Waals surface area contributed by atoms with Crippen LogP contribution in [0.3, 0.4) is 0 Å². The number of aliphatic hydroxyl groups is 1. The van der Waals surface area contributed by atoms with Gasteiger partial charge >= 0.3 is 0 Å². The van der Waals surface area contributed by atoms with E-state index >= 15 is 0 Å². The van der Waals surface area contributed by atoms with Gasteiger partial charge in [0.15, 0.2) is 0 Å². The van der Waals surface area contributed by atoms with E-state index in [9.17, 15) is 18.3 Å². The van der Waals surface area contributed by atoms with Gasteiger partial charge < -0.3 is 19.5 Å². The standard InChI is InChI=1S/C34H41ClN2O6S/c1-3-17-43-34(15-6-16-34)32(39)36-44(40,41)26-10-13-31-29(19-26)37(20-24-8-11-27(24)30(38)4-2)21-33(22-42-31)14-5-7-23-18-25(35)9-12-28(23)33/h3-4,9-10,12-13,18-19,24,27,30,38H,1-2,5-8,11,14-17,20-22H2,(H,36,39)/t24-,27+,30?,33-/m0/s1. The van der Waals surface area contributed by atoms with Crippen molar-refractivity contribution in [1.29, 1.82) is 0 Å². The topological polar surface area (TPSA) is 105 Å². The molecular formula is C34H41ClN2O6S. The number of amides is 1. The van der Waals surface area contributed by atoms with E-state index in [4.69, 9.17) is 21.1 Å². The summed E-state index contributed by atoms with van der Waals surface area (Å²) in [5.74, 6) is 0.243. The summed E-state index contributed by atoms with van der Waals surface area (Å²) in [6.07, 6.45) is 9.00. The van der Waals surface area contributed by atoms with Gasteiger partial charge in [-0.3, -0.25) is 4.79 Å². The molecule has 44 heavy (non-hydrogen) atoms. The summed E-state index contributed by atoms with van der Waals surface area (Å²) in [5.41, 5.74) is 1.62. The number of benzene rings is 2. The normalized spacial score (nSPS) is 26.1. The summed E-state index contributed by atoms with van der Waals surface area (Å²) < 4.78 is 41.8. The van der Waals surface area contributed by atoms with E-state index in [1.165, 1.54) is 17.2 Å². The fourth-order valence-electron chi connectivity index (χ4n) is 7.42. The molecule has 8 nitrogen and oxygen atoms in total. The van der Waals surface area contributed by atoms with Gasteiger partial charge in [-0.15, -0.1) is 13.2 Å². The minimum absolute atomic E-state index is 0.0144. The molecular weight excluding hydrogens is 600 g/mol. The van der Waals surface area contributed by atoms with Gasteiger partial charge in [0.25, 0.3) is 15.9 Å². The van der Waals surface area contributed by atoms with E-state index in [0.29, 0.717) is 49.0 Å². The number of halogens is 1. The lowest BCUT2D eigenvalue weighted by molar-refractivity contribution is -0.155. The zero-order valence-corrected chi connectivity index (χ0v) is 26.5. The number of sulfonamides is 1. The van der Waals surface area contributed by atoms with Crippen molar-refractivity contribution < 1.29 is 27.8 Å². The molecule has 2 saturated carbocycles. The first-order valence-electron chi connectivity index (χ1n) is 15.5. The Balaban J connectivity index is 1.34. The van der Waals surface area contributed by atoms with Crippen LogP contribution in [-0.4, -0.2) is 57.4 Å². The van der Waals surface area contributed by atoms with Gasteiger partial charge in [0, 0.05) is 23.5 Å². The smallest absolute Gasteiger partial charge is 0.265 e. The number of carbonyl (C=O) groups excluding carboxylic acids is 1. The lowest BCUT2D eigenvalue weighted by Crippen LogP contribution is -2.55. The number of nitrogens with zero attached hydrogens (tertiary/aromatic N) is 1. The van der Waals surface area contributed by atoms with Gasteiger partial charge in [0.2, 0.25) is 0 Å². The lowest BCUT2D eigenvalue weighted by atomic mass is 9.68. The Morgan fingerprint density at radius 1 is 1.18 bits per heavy atom. The third kappa shape index (κ3) is 5.68. The van der Waals surface area contributed by atoms with Gasteiger partial charge in [-0.05, 0) is 105 Å². The SMILES string of the molecule is C=CCOC1(C(=O)NS(=O)(=O)c2ccc3c(c2)N(C[C@@H]2CC[C@H]2C(O)C=C)C[C@@]2(CCCc4cc(Cl)ccc42)CO3)CCC1. The minimum Gasteiger partial charge on any atom is -0.490 e. The number of hydrogen-bond acceptors (Lipinski definition) is 7. The molecule has 3 aliphatic carbocycles. The molecule has 2 aromatic carbocycles. The fraction of sp³-hybridized carbons (Fsp3) is 0.500. The predicted octanol–water partition coefficient (Wildman–Crippen LogP) is 5.32. The van der Waals surface area contributed by atoms with Crippen LogP contribution in [0.4, 0.5) is 5.69 Å². The maximum Gasteiger partial charge on any atom is 0.265 e. The first-order valence-corrected chi connectivity index (χ1v) is 17.4. The summed E-state index contributed by atoms with van der Waals surface area (Å²) >= 11 is 6.38. The second-order valence-corrected chi connectivity index (χ2v) is 15.0. The third-order valence-corrected chi connectivity index (χ3v) is 11.8. The number of rotatable bonds is 10. The number of nitrogens with one attached hydrogen (secondary N) is 1. The molecule has 0 saturated heterocycles. The third-order valence-electron chi connectivity index (χ3n) is 10.2. The van der Waals surface area contributed by atoms with Crippen LogP contribution >= 0.6 is 11.6 Å². The summed E-state index contributed by atoms with van der Waals surface area (Å²) in [7, 11) is -4.20. The molecule has 4 atom stereocenters. The van der Waals surface area contributed by atoms with Gasteiger partial charge in [0.1, 0.15) is 11.4 Å². The maximum atomic E-state index is 13.6. The van der Waals surface area contributed by atoms with Gasteiger partial charge in [0.05, 0.1) is 29.9 Å². The molecule has 0 radical (unpaired) electrons. The van der Waals surface area contributed by atoms with Crippen LogP contribution in [0, 0.1) is 11.8 Å². The Morgan fingerprint density at radius 2 is 2.00 bits per heavy atom. The molecule has 1 amide bonds. The molecule has 6 rings (SSSR count). The molecule has 2 N–H and O–H groups in total. The van der Waals surface area contributed by atoms with Crippen molar-refractivity contribution in [1.82, 2.24) is 4.72 Å². The molecule has 0 bridgehead atoms. The van der Waals surface area contributed by atoms with Crippen molar-refractivity contribution >= 4 is 33.2 Å². The predicted molar refractivity (Wildman–Crippen MR) is 171 cm³/mol. The second kappa shape index (κ2) is 12.2. The molecule has 2 fully saturated rings. The minimum atomic E-state index is -4.20. The highest BCUT2D eigenvalue weighted by Gasteiger charge is 2.47. The maximum absolute atomic E-state index is 13.6. The van der Waals surface area contributed by atoms with E-state index in [1.807, 2.05) is 12.1 Å². The largest absolute Gasteiger partial charge is 0.490 e. The van der Waals surface area contributed by atoms with Crippen molar-refractivity contribution in [3.63, 3.8) is 0 Å². The highest BCUT2D eigenvalue weighted by molar-refractivity contribution is 7.90. The van der Waals surface area contributed by atoms with E-state index in [0.717, 1.165) is 38.5 Å². The molecule has 1 heterocycles. The van der Waals surface area contributed by atoms with Gasteiger partial charge in [-0.1, -0.05) is 29.8 Å². The van der Waals surface area contributed by atoms with Crippen LogP contribution in [0.15, 0.2) is 66.6 Å². The van der Waals surface area contributed by atoms with E-state index in [-0.39, 0.29) is 28.8 Å². The second-order valence-electron chi connectivity index (χ2n) is 12.8. The Kier molecular flexibility index (Phi) is 8.60. The molecule has 4 aliphatic rings. The van der Waals surface area contributed by atoms with E-state index in [1.54, 1.807) is 24.3 Å². The van der Waals surface area contributed by atoms with Crippen molar-refractivity contribution in [3.05, 3.63) is 77.9 Å². The Hall–Kier alpha value is -2.85. The first-order chi connectivity index (χ1) is 21.1. The molecule has 2 aromatic rings. The van der Waals surface area contributed by atoms with Crippen LogP contribution in [0.2, 0.25) is 5.02 Å². The van der Waals surface area contributed by atoms with Crippen LogP contribution in [0.1, 0.15) is 56.1 Å².